The number of carbonyl (C=O) groups is 1. The van der Waals surface area contributed by atoms with Crippen molar-refractivity contribution in [2.24, 2.45) is 0 Å². The number of piperazine rings is 1. The monoisotopic (exact) mass is 315 g/mol. The summed E-state index contributed by atoms with van der Waals surface area (Å²) in [5, 5.41) is 6.26. The van der Waals surface area contributed by atoms with Crippen LogP contribution in [0, 0.1) is 0 Å². The van der Waals surface area contributed by atoms with Gasteiger partial charge in [0.2, 0.25) is 5.91 Å². The normalized spacial score (nSPS) is 15.0. The number of thiazole rings is 1. The van der Waals surface area contributed by atoms with Crippen LogP contribution < -0.4 is 5.32 Å². The lowest BCUT2D eigenvalue weighted by Crippen LogP contribution is -2.46. The van der Waals surface area contributed by atoms with Gasteiger partial charge < -0.3 is 10.2 Å². The molecule has 0 spiro atoms. The van der Waals surface area contributed by atoms with Gasteiger partial charge in [-0.2, -0.15) is 0 Å². The maximum Gasteiger partial charge on any atom is 0.228 e. The molecule has 1 aliphatic heterocycles. The number of carbonyl (C=O) groups excluding carboxylic acids is 1. The predicted octanol–water partition coefficient (Wildman–Crippen LogP) is 2.35. The van der Waals surface area contributed by atoms with E-state index >= 15 is 0 Å². The van der Waals surface area contributed by atoms with Gasteiger partial charge in [-0.1, -0.05) is 31.2 Å². The van der Waals surface area contributed by atoms with Crippen molar-refractivity contribution in [3.63, 3.8) is 0 Å². The molecule has 1 aliphatic rings. The van der Waals surface area contributed by atoms with E-state index < -0.39 is 0 Å². The van der Waals surface area contributed by atoms with E-state index in [1.807, 2.05) is 10.3 Å². The first-order chi connectivity index (χ1) is 10.8. The summed E-state index contributed by atoms with van der Waals surface area (Å²) < 4.78 is 0. The van der Waals surface area contributed by atoms with Crippen LogP contribution in [0.3, 0.4) is 0 Å². The first-order valence-corrected chi connectivity index (χ1v) is 8.66. The van der Waals surface area contributed by atoms with Crippen molar-refractivity contribution in [2.75, 3.05) is 26.2 Å². The molecule has 4 nitrogen and oxygen atoms in total. The highest BCUT2D eigenvalue weighted by Gasteiger charge is 2.17. The highest BCUT2D eigenvalue weighted by molar-refractivity contribution is 7.13. The molecule has 2 aromatic rings. The Morgan fingerprint density at radius 2 is 2.00 bits per heavy atom. The number of hydrogen-bond donors (Lipinski definition) is 1. The summed E-state index contributed by atoms with van der Waals surface area (Å²) >= 11 is 1.61. The molecule has 0 bridgehead atoms. The van der Waals surface area contributed by atoms with E-state index in [-0.39, 0.29) is 5.91 Å². The Balaban J connectivity index is 1.66. The highest BCUT2D eigenvalue weighted by Crippen LogP contribution is 2.24. The number of rotatable bonds is 4. The van der Waals surface area contributed by atoms with Crippen LogP contribution >= 0.6 is 11.3 Å². The van der Waals surface area contributed by atoms with E-state index in [1.165, 1.54) is 5.56 Å². The SMILES string of the molecule is CCc1ccc(-c2nc(CC(=O)N3CCNCC3)cs2)cc1. The predicted molar refractivity (Wildman–Crippen MR) is 90.1 cm³/mol. The van der Waals surface area contributed by atoms with E-state index in [0.29, 0.717) is 6.42 Å². The highest BCUT2D eigenvalue weighted by atomic mass is 32.1. The summed E-state index contributed by atoms with van der Waals surface area (Å²) in [6.45, 7) is 5.52. The molecule has 1 fully saturated rings. The molecule has 5 heteroatoms. The maximum absolute atomic E-state index is 12.3. The van der Waals surface area contributed by atoms with Crippen molar-refractivity contribution in [3.8, 4) is 10.6 Å². The minimum atomic E-state index is 0.180. The van der Waals surface area contributed by atoms with Gasteiger partial charge in [0.15, 0.2) is 0 Å². The first-order valence-electron chi connectivity index (χ1n) is 7.78. The van der Waals surface area contributed by atoms with Crippen molar-refractivity contribution < 1.29 is 4.79 Å². The summed E-state index contributed by atoms with van der Waals surface area (Å²) in [6, 6.07) is 8.50. The number of nitrogens with zero attached hydrogens (tertiary/aromatic N) is 2. The van der Waals surface area contributed by atoms with Gasteiger partial charge in [-0.25, -0.2) is 4.98 Å². The fraction of sp³-hybridized carbons (Fsp3) is 0.412. The summed E-state index contributed by atoms with van der Waals surface area (Å²) in [5.41, 5.74) is 3.33. The van der Waals surface area contributed by atoms with Crippen molar-refractivity contribution in [3.05, 3.63) is 40.9 Å². The number of hydrogen-bond acceptors (Lipinski definition) is 4. The van der Waals surface area contributed by atoms with E-state index in [9.17, 15) is 4.79 Å². The lowest BCUT2D eigenvalue weighted by atomic mass is 10.1. The van der Waals surface area contributed by atoms with Gasteiger partial charge in [0.25, 0.3) is 0 Å². The molecule has 0 atom stereocenters. The third-order valence-electron chi connectivity index (χ3n) is 3.96. The Labute approximate surface area is 135 Å². The van der Waals surface area contributed by atoms with Gasteiger partial charge in [-0.15, -0.1) is 11.3 Å². The third-order valence-corrected chi connectivity index (χ3v) is 4.90. The quantitative estimate of drug-likeness (QED) is 0.942. The average Bonchev–Trinajstić information content (AvgIpc) is 3.04. The number of nitrogens with one attached hydrogen (secondary N) is 1. The van der Waals surface area contributed by atoms with Crippen molar-refractivity contribution in [2.45, 2.75) is 19.8 Å². The minimum absolute atomic E-state index is 0.180. The van der Waals surface area contributed by atoms with Crippen LogP contribution in [0.4, 0.5) is 0 Å². The molecule has 22 heavy (non-hydrogen) atoms. The molecule has 1 saturated heterocycles. The maximum atomic E-state index is 12.3. The van der Waals surface area contributed by atoms with E-state index in [1.54, 1.807) is 11.3 Å². The Morgan fingerprint density at radius 3 is 2.68 bits per heavy atom. The molecule has 0 unspecified atom stereocenters. The molecule has 1 amide bonds. The zero-order valence-corrected chi connectivity index (χ0v) is 13.7. The molecule has 2 heterocycles. The van der Waals surface area contributed by atoms with Gasteiger partial charge in [0, 0.05) is 37.1 Å². The third kappa shape index (κ3) is 3.54. The zero-order valence-electron chi connectivity index (χ0n) is 12.8. The van der Waals surface area contributed by atoms with Gasteiger partial charge in [-0.3, -0.25) is 4.79 Å². The molecule has 0 radical (unpaired) electrons. The standard InChI is InChI=1S/C17H21N3OS/c1-2-13-3-5-14(6-4-13)17-19-15(12-22-17)11-16(21)20-9-7-18-8-10-20/h3-6,12,18H,2,7-11H2,1H3. The molecule has 0 aliphatic carbocycles. The van der Waals surface area contributed by atoms with Gasteiger partial charge in [0.1, 0.15) is 5.01 Å². The van der Waals surface area contributed by atoms with E-state index in [2.05, 4.69) is 41.5 Å². The molecule has 1 aromatic carbocycles. The molecular weight excluding hydrogens is 294 g/mol. The van der Waals surface area contributed by atoms with Crippen LogP contribution in [0.25, 0.3) is 10.6 Å². The van der Waals surface area contributed by atoms with Crippen LogP contribution in [0.2, 0.25) is 0 Å². The van der Waals surface area contributed by atoms with Crippen LogP contribution in [-0.4, -0.2) is 42.0 Å². The van der Waals surface area contributed by atoms with Crippen molar-refractivity contribution >= 4 is 17.2 Å². The summed E-state index contributed by atoms with van der Waals surface area (Å²) in [6.07, 6.45) is 1.45. The molecule has 1 aromatic heterocycles. The summed E-state index contributed by atoms with van der Waals surface area (Å²) in [7, 11) is 0. The molecular formula is C17H21N3OS. The summed E-state index contributed by atoms with van der Waals surface area (Å²) in [5.74, 6) is 0.180. The Kier molecular flexibility index (Phi) is 4.85. The molecule has 1 N–H and O–H groups in total. The van der Waals surface area contributed by atoms with Crippen molar-refractivity contribution in [1.29, 1.82) is 0 Å². The largest absolute Gasteiger partial charge is 0.340 e. The Bertz CT molecular complexity index is 630. The number of aromatic nitrogens is 1. The second-order valence-corrected chi connectivity index (χ2v) is 6.36. The fourth-order valence-electron chi connectivity index (χ4n) is 2.58. The fourth-order valence-corrected chi connectivity index (χ4v) is 3.41. The molecule has 0 saturated carbocycles. The van der Waals surface area contributed by atoms with E-state index in [4.69, 9.17) is 0 Å². The molecule has 3 rings (SSSR count). The molecule has 116 valence electrons. The first kappa shape index (κ1) is 15.2. The minimum Gasteiger partial charge on any atom is -0.340 e. The van der Waals surface area contributed by atoms with Crippen LogP contribution in [0.1, 0.15) is 18.2 Å². The topological polar surface area (TPSA) is 45.2 Å². The Morgan fingerprint density at radius 1 is 1.27 bits per heavy atom. The van der Waals surface area contributed by atoms with Crippen LogP contribution in [0.5, 0.6) is 0 Å². The number of amides is 1. The lowest BCUT2D eigenvalue weighted by Gasteiger charge is -2.27. The van der Waals surface area contributed by atoms with Gasteiger partial charge in [-0.05, 0) is 12.0 Å². The lowest BCUT2D eigenvalue weighted by molar-refractivity contribution is -0.131. The van der Waals surface area contributed by atoms with Gasteiger partial charge >= 0.3 is 0 Å². The van der Waals surface area contributed by atoms with Crippen LogP contribution in [-0.2, 0) is 17.6 Å². The Hall–Kier alpha value is -1.72. The second-order valence-electron chi connectivity index (χ2n) is 5.50. The smallest absolute Gasteiger partial charge is 0.228 e. The van der Waals surface area contributed by atoms with E-state index in [0.717, 1.165) is 48.9 Å². The zero-order chi connectivity index (χ0) is 15.4. The van der Waals surface area contributed by atoms with Crippen molar-refractivity contribution in [1.82, 2.24) is 15.2 Å². The summed E-state index contributed by atoms with van der Waals surface area (Å²) in [4.78, 5) is 18.8. The average molecular weight is 315 g/mol. The number of benzene rings is 1. The van der Waals surface area contributed by atoms with Crippen LogP contribution in [0.15, 0.2) is 29.6 Å². The van der Waals surface area contributed by atoms with Gasteiger partial charge in [0.05, 0.1) is 12.1 Å². The number of aryl methyl sites for hydroxylation is 1. The second kappa shape index (κ2) is 7.03.